The number of benzene rings is 1. The minimum absolute atomic E-state index is 0.781. The quantitative estimate of drug-likeness (QED) is 0.508. The van der Waals surface area contributed by atoms with Gasteiger partial charge in [-0.15, -0.1) is 0 Å². The zero-order chi connectivity index (χ0) is 8.39. The largest absolute Gasteiger partial charge is 0.173 e. The number of rotatable bonds is 0. The lowest BCUT2D eigenvalue weighted by Gasteiger charge is -2.08. The van der Waals surface area contributed by atoms with E-state index < -0.39 is 0 Å². The number of fused-ring (bicyclic) bond motifs is 1. The lowest BCUT2D eigenvalue weighted by Crippen LogP contribution is -2.27. The predicted molar refractivity (Wildman–Crippen MR) is 55.4 cm³/mol. The minimum Gasteiger partial charge on any atom is -0.0817 e. The molecule has 0 atom stereocenters. The summed E-state index contributed by atoms with van der Waals surface area (Å²) in [6, 6.07) is 8.92. The molecule has 0 saturated carbocycles. The van der Waals surface area contributed by atoms with Gasteiger partial charge in [0, 0.05) is 0 Å². The first-order valence-electron chi connectivity index (χ1n) is 4.96. The molecule has 0 nitrogen and oxygen atoms in total. The normalized spacial score (nSPS) is 16.9. The van der Waals surface area contributed by atoms with Crippen LogP contribution in [0.4, 0.5) is 0 Å². The predicted octanol–water partition coefficient (Wildman–Crippen LogP) is 2.35. The van der Waals surface area contributed by atoms with Crippen LogP contribution < -0.4 is 5.46 Å². The molecule has 1 heterocycles. The molecule has 0 aliphatic carbocycles. The Morgan fingerprint density at radius 2 is 2.00 bits per heavy atom. The molecule has 0 radical (unpaired) electrons. The molecular weight excluding hydrogens is 143 g/mol. The zero-order valence-corrected chi connectivity index (χ0v) is 7.72. The summed E-state index contributed by atoms with van der Waals surface area (Å²) < 4.78 is 0. The van der Waals surface area contributed by atoms with Gasteiger partial charge in [0.1, 0.15) is 0 Å². The van der Waals surface area contributed by atoms with E-state index in [9.17, 15) is 0 Å². The first-order chi connectivity index (χ1) is 5.88. The Bertz CT molecular complexity index is 267. The topological polar surface area (TPSA) is 0 Å². The van der Waals surface area contributed by atoms with Crippen molar-refractivity contribution < 1.29 is 0 Å². The van der Waals surface area contributed by atoms with Gasteiger partial charge < -0.3 is 0 Å². The van der Waals surface area contributed by atoms with Gasteiger partial charge in [0.2, 0.25) is 0 Å². The Morgan fingerprint density at radius 3 is 2.92 bits per heavy atom. The van der Waals surface area contributed by atoms with Gasteiger partial charge in [0.05, 0.1) is 0 Å². The molecule has 0 unspecified atom stereocenters. The van der Waals surface area contributed by atoms with Gasteiger partial charge in [0.25, 0.3) is 0 Å². The van der Waals surface area contributed by atoms with Gasteiger partial charge in [-0.25, -0.2) is 0 Å². The Hall–Kier alpha value is -0.715. The van der Waals surface area contributed by atoms with Gasteiger partial charge in [-0.05, 0) is 12.8 Å². The van der Waals surface area contributed by atoms with Crippen molar-refractivity contribution in [3.8, 4) is 0 Å². The summed E-state index contributed by atoms with van der Waals surface area (Å²) >= 11 is 0. The molecule has 0 bridgehead atoms. The molecule has 1 aliphatic rings. The first-order valence-corrected chi connectivity index (χ1v) is 4.96. The van der Waals surface area contributed by atoms with Crippen molar-refractivity contribution in [3.63, 3.8) is 0 Å². The van der Waals surface area contributed by atoms with Crippen LogP contribution in [0, 0.1) is 0 Å². The fourth-order valence-electron chi connectivity index (χ4n) is 2.16. The lowest BCUT2D eigenvalue weighted by molar-refractivity contribution is 0.801. The van der Waals surface area contributed by atoms with Crippen molar-refractivity contribution >= 4 is 12.2 Å². The summed E-state index contributed by atoms with van der Waals surface area (Å²) in [6.45, 7) is 3.13. The monoisotopic (exact) mass is 158 g/mol. The smallest absolute Gasteiger partial charge is 0.0817 e. The summed E-state index contributed by atoms with van der Waals surface area (Å²) in [7, 11) is 0. The summed E-state index contributed by atoms with van der Waals surface area (Å²) in [6.07, 6.45) is 5.44. The van der Waals surface area contributed by atoms with Crippen LogP contribution in [0.5, 0.6) is 0 Å². The van der Waals surface area contributed by atoms with Crippen LogP contribution in [-0.4, -0.2) is 6.71 Å². The van der Waals surface area contributed by atoms with Crippen LogP contribution >= 0.6 is 0 Å². The van der Waals surface area contributed by atoms with Crippen molar-refractivity contribution in [1.29, 1.82) is 0 Å². The maximum Gasteiger partial charge on any atom is 0.173 e. The summed E-state index contributed by atoms with van der Waals surface area (Å²) in [4.78, 5) is 0. The molecule has 0 spiro atoms. The highest BCUT2D eigenvalue weighted by molar-refractivity contribution is 6.72. The van der Waals surface area contributed by atoms with E-state index in [0.29, 0.717) is 0 Å². The Kier molecular flexibility index (Phi) is 2.20. The number of hydrogen-bond acceptors (Lipinski definition) is 0. The van der Waals surface area contributed by atoms with Gasteiger partial charge in [0.15, 0.2) is 6.71 Å². The average molecular weight is 158 g/mol. The molecule has 1 aromatic rings. The average Bonchev–Trinajstić information content (AvgIpc) is 2.29. The molecule has 2 rings (SSSR count). The van der Waals surface area contributed by atoms with E-state index in [-0.39, 0.29) is 0 Å². The standard InChI is InChI=1S/C11H15B/c1-12-9-5-4-7-10-6-2-3-8-11(10)12/h2-3,6,8H,4-5,7,9H2,1H3. The van der Waals surface area contributed by atoms with Crippen molar-refractivity contribution in [1.82, 2.24) is 0 Å². The molecule has 1 aromatic carbocycles. The maximum atomic E-state index is 2.35. The molecule has 1 aliphatic heterocycles. The molecule has 0 fully saturated rings. The van der Waals surface area contributed by atoms with Crippen LogP contribution in [0.2, 0.25) is 13.1 Å². The van der Waals surface area contributed by atoms with E-state index >= 15 is 0 Å². The highest BCUT2D eigenvalue weighted by atomic mass is 14.0. The van der Waals surface area contributed by atoms with Crippen molar-refractivity contribution in [3.05, 3.63) is 29.8 Å². The molecule has 12 heavy (non-hydrogen) atoms. The maximum absolute atomic E-state index is 2.35. The minimum atomic E-state index is 0.781. The molecule has 0 saturated heterocycles. The SMILES string of the molecule is CB1CCCCc2ccccc21. The van der Waals surface area contributed by atoms with Crippen LogP contribution in [-0.2, 0) is 6.42 Å². The molecular formula is C11H15B. The fourth-order valence-corrected chi connectivity index (χ4v) is 2.16. The fraction of sp³-hybridized carbons (Fsp3) is 0.455. The molecule has 1 heteroatoms. The van der Waals surface area contributed by atoms with Gasteiger partial charge in [-0.2, -0.15) is 0 Å². The molecule has 0 N–H and O–H groups in total. The summed E-state index contributed by atoms with van der Waals surface area (Å²) in [5.41, 5.74) is 3.18. The Balaban J connectivity index is 2.39. The van der Waals surface area contributed by atoms with Crippen LogP contribution in [0.25, 0.3) is 0 Å². The van der Waals surface area contributed by atoms with Crippen molar-refractivity contribution in [2.75, 3.05) is 0 Å². The second kappa shape index (κ2) is 3.34. The third kappa shape index (κ3) is 1.41. The third-order valence-electron chi connectivity index (χ3n) is 2.92. The van der Waals surface area contributed by atoms with Gasteiger partial charge in [-0.3, -0.25) is 0 Å². The highest BCUT2D eigenvalue weighted by Crippen LogP contribution is 2.13. The van der Waals surface area contributed by atoms with E-state index in [1.165, 1.54) is 25.6 Å². The Labute approximate surface area is 75.1 Å². The van der Waals surface area contributed by atoms with E-state index in [1.54, 1.807) is 11.0 Å². The van der Waals surface area contributed by atoms with Crippen LogP contribution in [0.1, 0.15) is 18.4 Å². The zero-order valence-electron chi connectivity index (χ0n) is 7.72. The van der Waals surface area contributed by atoms with Crippen molar-refractivity contribution in [2.24, 2.45) is 0 Å². The lowest BCUT2D eigenvalue weighted by atomic mass is 9.44. The second-order valence-corrected chi connectivity index (χ2v) is 3.85. The van der Waals surface area contributed by atoms with E-state index in [0.717, 1.165) is 6.71 Å². The van der Waals surface area contributed by atoms with E-state index in [2.05, 4.69) is 31.1 Å². The second-order valence-electron chi connectivity index (χ2n) is 3.85. The molecule has 62 valence electrons. The third-order valence-corrected chi connectivity index (χ3v) is 2.92. The van der Waals surface area contributed by atoms with E-state index in [4.69, 9.17) is 0 Å². The number of aryl methyl sites for hydroxylation is 1. The molecule has 0 aromatic heterocycles. The number of hydrogen-bond donors (Lipinski definition) is 0. The van der Waals surface area contributed by atoms with Crippen LogP contribution in [0.3, 0.4) is 0 Å². The van der Waals surface area contributed by atoms with Gasteiger partial charge in [-0.1, -0.05) is 54.9 Å². The highest BCUT2D eigenvalue weighted by Gasteiger charge is 2.16. The summed E-state index contributed by atoms with van der Waals surface area (Å²) in [5, 5.41) is 0. The van der Waals surface area contributed by atoms with Gasteiger partial charge >= 0.3 is 0 Å². The van der Waals surface area contributed by atoms with Crippen LogP contribution in [0.15, 0.2) is 24.3 Å². The summed E-state index contributed by atoms with van der Waals surface area (Å²) in [5.74, 6) is 0. The van der Waals surface area contributed by atoms with E-state index in [1.807, 2.05) is 0 Å². The van der Waals surface area contributed by atoms with Crippen molar-refractivity contribution in [2.45, 2.75) is 32.4 Å². The first kappa shape index (κ1) is 7.91. The molecule has 0 amide bonds. The Morgan fingerprint density at radius 1 is 1.17 bits per heavy atom.